The molecule has 1 aliphatic rings. The lowest BCUT2D eigenvalue weighted by atomic mass is 9.95. The van der Waals surface area contributed by atoms with Gasteiger partial charge in [0.15, 0.2) is 0 Å². The van der Waals surface area contributed by atoms with Crippen molar-refractivity contribution in [3.8, 4) is 0 Å². The molecule has 0 aliphatic carbocycles. The molecule has 2 amide bonds. The molecular weight excluding hydrogens is 332 g/mol. The van der Waals surface area contributed by atoms with Crippen LogP contribution in [0.25, 0.3) is 0 Å². The zero-order valence-corrected chi connectivity index (χ0v) is 12.7. The Kier molecular flexibility index (Phi) is 4.22. The Balaban J connectivity index is 2.31. The van der Waals surface area contributed by atoms with Crippen molar-refractivity contribution >= 4 is 27.7 Å². The fraction of sp³-hybridized carbons (Fsp3) is 0.429. The van der Waals surface area contributed by atoms with Crippen molar-refractivity contribution in [3.63, 3.8) is 0 Å². The van der Waals surface area contributed by atoms with E-state index in [1.54, 1.807) is 0 Å². The smallest absolute Gasteiger partial charge is 0.266 e. The van der Waals surface area contributed by atoms with E-state index in [9.17, 15) is 18.4 Å². The summed E-state index contributed by atoms with van der Waals surface area (Å²) in [5.74, 6) is -2.95. The molecule has 0 bridgehead atoms. The number of nitrogens with zero attached hydrogens (tertiary/aromatic N) is 1. The van der Waals surface area contributed by atoms with Crippen LogP contribution in [0.4, 0.5) is 8.78 Å². The Labute approximate surface area is 124 Å². The van der Waals surface area contributed by atoms with Gasteiger partial charge in [-0.1, -0.05) is 29.8 Å². The second-order valence-electron chi connectivity index (χ2n) is 5.26. The highest BCUT2D eigenvalue weighted by molar-refractivity contribution is 9.10. The number of hydrogen-bond donors (Lipinski definition) is 0. The Bertz CT molecular complexity index is 551. The lowest BCUT2D eigenvalue weighted by Crippen LogP contribution is -2.34. The minimum absolute atomic E-state index is 0.0352. The van der Waals surface area contributed by atoms with Gasteiger partial charge in [-0.25, -0.2) is 8.78 Å². The number of hydrogen-bond acceptors (Lipinski definition) is 2. The highest BCUT2D eigenvalue weighted by atomic mass is 79.9. The van der Waals surface area contributed by atoms with Crippen molar-refractivity contribution in [3.05, 3.63) is 33.8 Å². The molecule has 0 N–H and O–H groups in total. The van der Waals surface area contributed by atoms with Crippen molar-refractivity contribution in [1.82, 2.24) is 4.90 Å². The summed E-state index contributed by atoms with van der Waals surface area (Å²) in [5, 5.41) is 0. The van der Waals surface area contributed by atoms with Gasteiger partial charge in [0, 0.05) is 17.4 Å². The van der Waals surface area contributed by atoms with Crippen LogP contribution in [-0.4, -0.2) is 23.3 Å². The minimum Gasteiger partial charge on any atom is -0.278 e. The normalized spacial score (nSPS) is 19.0. The third-order valence-electron chi connectivity index (χ3n) is 3.56. The summed E-state index contributed by atoms with van der Waals surface area (Å²) in [5.41, 5.74) is -0.675. The third kappa shape index (κ3) is 2.75. The number of halogens is 3. The molecular formula is C14H14BrF2NO2. The van der Waals surface area contributed by atoms with E-state index in [2.05, 4.69) is 15.9 Å². The molecule has 1 saturated heterocycles. The molecule has 0 aromatic heterocycles. The molecule has 1 heterocycles. The molecule has 1 fully saturated rings. The zero-order chi connectivity index (χ0) is 15.0. The molecule has 108 valence electrons. The fourth-order valence-corrected chi connectivity index (χ4v) is 2.66. The zero-order valence-electron chi connectivity index (χ0n) is 11.1. The van der Waals surface area contributed by atoms with E-state index in [0.717, 1.165) is 17.0 Å². The van der Waals surface area contributed by atoms with E-state index in [-0.39, 0.29) is 35.2 Å². The average Bonchev–Trinajstić information content (AvgIpc) is 2.69. The van der Waals surface area contributed by atoms with Crippen molar-refractivity contribution in [2.45, 2.75) is 20.3 Å². The summed E-state index contributed by atoms with van der Waals surface area (Å²) < 4.78 is 27.7. The maximum atomic E-state index is 13.8. The number of imide groups is 1. The highest BCUT2D eigenvalue weighted by Crippen LogP contribution is 2.28. The van der Waals surface area contributed by atoms with Gasteiger partial charge in [0.2, 0.25) is 5.91 Å². The van der Waals surface area contributed by atoms with Gasteiger partial charge < -0.3 is 0 Å². The summed E-state index contributed by atoms with van der Waals surface area (Å²) >= 11 is 2.95. The van der Waals surface area contributed by atoms with Crippen LogP contribution in [0.2, 0.25) is 0 Å². The highest BCUT2D eigenvalue weighted by Gasteiger charge is 2.37. The Morgan fingerprint density at radius 2 is 1.90 bits per heavy atom. The Hall–Kier alpha value is -1.30. The largest absolute Gasteiger partial charge is 0.278 e. The molecule has 3 nitrogen and oxygen atoms in total. The first-order valence-corrected chi connectivity index (χ1v) is 7.09. The van der Waals surface area contributed by atoms with Crippen LogP contribution in [0, 0.1) is 23.5 Å². The topological polar surface area (TPSA) is 37.4 Å². The maximum Gasteiger partial charge on any atom is 0.266 e. The molecule has 2 rings (SSSR count). The Morgan fingerprint density at radius 1 is 1.35 bits per heavy atom. The predicted octanol–water partition coefficient (Wildman–Crippen LogP) is 3.37. The summed E-state index contributed by atoms with van der Waals surface area (Å²) in [7, 11) is 0. The SMILES string of the molecule is CC(C)C1CC(=O)N(C(=O)c2c(F)cc(Br)cc2F)C1. The van der Waals surface area contributed by atoms with Gasteiger partial charge in [-0.3, -0.25) is 14.5 Å². The van der Waals surface area contributed by atoms with Crippen LogP contribution in [0.1, 0.15) is 30.6 Å². The van der Waals surface area contributed by atoms with E-state index in [0.29, 0.717) is 0 Å². The quantitative estimate of drug-likeness (QED) is 0.770. The Morgan fingerprint density at radius 3 is 2.35 bits per heavy atom. The molecule has 0 radical (unpaired) electrons. The number of benzene rings is 1. The number of carbonyl (C=O) groups excluding carboxylic acids is 2. The minimum atomic E-state index is -0.970. The van der Waals surface area contributed by atoms with Crippen LogP contribution in [0.15, 0.2) is 16.6 Å². The first kappa shape index (κ1) is 15.1. The summed E-state index contributed by atoms with van der Waals surface area (Å²) in [6.07, 6.45) is 0.239. The first-order valence-electron chi connectivity index (χ1n) is 6.30. The second kappa shape index (κ2) is 5.60. The lowest BCUT2D eigenvalue weighted by molar-refractivity contribution is -0.125. The molecule has 1 aromatic rings. The van der Waals surface area contributed by atoms with Crippen LogP contribution >= 0.6 is 15.9 Å². The van der Waals surface area contributed by atoms with Crippen LogP contribution in [-0.2, 0) is 4.79 Å². The molecule has 1 unspecified atom stereocenters. The monoisotopic (exact) mass is 345 g/mol. The standard InChI is InChI=1S/C14H14BrF2NO2/c1-7(2)8-3-12(19)18(6-8)14(20)13-10(16)4-9(15)5-11(13)17/h4-5,7-8H,3,6H2,1-2H3. The van der Waals surface area contributed by atoms with Crippen molar-refractivity contribution in [1.29, 1.82) is 0 Å². The molecule has 0 spiro atoms. The number of likely N-dealkylation sites (tertiary alicyclic amines) is 1. The van der Waals surface area contributed by atoms with E-state index in [1.165, 1.54) is 0 Å². The van der Waals surface area contributed by atoms with Gasteiger partial charge >= 0.3 is 0 Å². The van der Waals surface area contributed by atoms with Crippen LogP contribution < -0.4 is 0 Å². The molecule has 1 aliphatic heterocycles. The van der Waals surface area contributed by atoms with Crippen molar-refractivity contribution in [2.24, 2.45) is 11.8 Å². The first-order chi connectivity index (χ1) is 9.31. The molecule has 20 heavy (non-hydrogen) atoms. The van der Waals surface area contributed by atoms with Gasteiger partial charge in [-0.2, -0.15) is 0 Å². The number of carbonyl (C=O) groups is 2. The lowest BCUT2D eigenvalue weighted by Gasteiger charge is -2.17. The maximum absolute atomic E-state index is 13.8. The van der Waals surface area contributed by atoms with Gasteiger partial charge in [0.1, 0.15) is 17.2 Å². The van der Waals surface area contributed by atoms with Gasteiger partial charge in [-0.05, 0) is 24.0 Å². The van der Waals surface area contributed by atoms with Crippen molar-refractivity contribution in [2.75, 3.05) is 6.54 Å². The number of rotatable bonds is 2. The van der Waals surface area contributed by atoms with Crippen LogP contribution in [0.3, 0.4) is 0 Å². The third-order valence-corrected chi connectivity index (χ3v) is 4.02. The van der Waals surface area contributed by atoms with Gasteiger partial charge in [0.05, 0.1) is 0 Å². The summed E-state index contributed by atoms with van der Waals surface area (Å²) in [6.45, 7) is 4.11. The predicted molar refractivity (Wildman–Crippen MR) is 73.0 cm³/mol. The average molecular weight is 346 g/mol. The van der Waals surface area contributed by atoms with Gasteiger partial charge in [-0.15, -0.1) is 0 Å². The van der Waals surface area contributed by atoms with E-state index >= 15 is 0 Å². The summed E-state index contributed by atoms with van der Waals surface area (Å²) in [6, 6.07) is 2.02. The molecule has 1 atom stereocenters. The van der Waals surface area contributed by atoms with Crippen LogP contribution in [0.5, 0.6) is 0 Å². The summed E-state index contributed by atoms with van der Waals surface area (Å²) in [4.78, 5) is 25.0. The van der Waals surface area contributed by atoms with E-state index in [4.69, 9.17) is 0 Å². The second-order valence-corrected chi connectivity index (χ2v) is 6.18. The van der Waals surface area contributed by atoms with Gasteiger partial charge in [0.25, 0.3) is 5.91 Å². The molecule has 6 heteroatoms. The van der Waals surface area contributed by atoms with E-state index in [1.807, 2.05) is 13.8 Å². The fourth-order valence-electron chi connectivity index (χ4n) is 2.26. The number of amides is 2. The van der Waals surface area contributed by atoms with Crippen molar-refractivity contribution < 1.29 is 18.4 Å². The molecule has 1 aromatic carbocycles. The van der Waals surface area contributed by atoms with E-state index < -0.39 is 23.1 Å². The molecule has 0 saturated carbocycles.